The molecule has 4 rings (SSSR count). The van der Waals surface area contributed by atoms with Gasteiger partial charge < -0.3 is 20.4 Å². The van der Waals surface area contributed by atoms with Crippen LogP contribution >= 0.6 is 23.4 Å². The Labute approximate surface area is 229 Å². The molecule has 2 aromatic heterocycles. The van der Waals surface area contributed by atoms with Gasteiger partial charge in [0, 0.05) is 21.9 Å². The number of oxazole rings is 1. The fourth-order valence-corrected chi connectivity index (χ4v) is 4.99. The zero-order chi connectivity index (χ0) is 27.2. The summed E-state index contributed by atoms with van der Waals surface area (Å²) in [5, 5.41) is 39.5. The van der Waals surface area contributed by atoms with E-state index in [2.05, 4.69) is 22.1 Å². The van der Waals surface area contributed by atoms with E-state index in [4.69, 9.17) is 26.9 Å². The number of pyridine rings is 1. The number of nitrogens with zero attached hydrogens (tertiary/aromatic N) is 4. The summed E-state index contributed by atoms with van der Waals surface area (Å²) >= 11 is 7.27. The molecule has 0 bridgehead atoms. The molecule has 10 heteroatoms. The van der Waals surface area contributed by atoms with Crippen molar-refractivity contribution < 1.29 is 14.6 Å². The summed E-state index contributed by atoms with van der Waals surface area (Å²) in [5.74, 6) is 1.53. The van der Waals surface area contributed by atoms with Gasteiger partial charge in [-0.1, -0.05) is 47.6 Å². The van der Waals surface area contributed by atoms with Crippen molar-refractivity contribution in [1.29, 1.82) is 10.5 Å². The summed E-state index contributed by atoms with van der Waals surface area (Å²) in [6.07, 6.45) is 0.222. The topological polar surface area (TPSA) is 153 Å². The minimum Gasteiger partial charge on any atom is -0.441 e. The third kappa shape index (κ3) is 5.99. The number of benzene rings is 2. The molecular weight excluding hydrogens is 522 g/mol. The Bertz CT molecular complexity index is 1520. The number of anilines is 1. The highest BCUT2D eigenvalue weighted by atomic mass is 35.5. The van der Waals surface area contributed by atoms with Gasteiger partial charge in [-0.05, 0) is 55.2 Å². The van der Waals surface area contributed by atoms with Gasteiger partial charge in [-0.3, -0.25) is 0 Å². The number of halogens is 1. The Morgan fingerprint density at radius 1 is 1.03 bits per heavy atom. The number of nitriles is 2. The lowest BCUT2D eigenvalue weighted by Crippen LogP contribution is -2.12. The lowest BCUT2D eigenvalue weighted by molar-refractivity contribution is 0.0886. The first kappa shape index (κ1) is 27.2. The first-order chi connectivity index (χ1) is 18.3. The molecule has 2 heterocycles. The van der Waals surface area contributed by atoms with Crippen LogP contribution in [0.4, 0.5) is 5.82 Å². The summed E-state index contributed by atoms with van der Waals surface area (Å²) in [7, 11) is 0. The van der Waals surface area contributed by atoms with Crippen LogP contribution < -0.4 is 5.73 Å². The molecule has 0 saturated heterocycles. The molecule has 0 amide bonds. The van der Waals surface area contributed by atoms with Gasteiger partial charge >= 0.3 is 0 Å². The minimum atomic E-state index is -0.778. The predicted molar refractivity (Wildman–Crippen MR) is 146 cm³/mol. The first-order valence-electron chi connectivity index (χ1n) is 11.7. The Morgan fingerprint density at radius 2 is 1.68 bits per heavy atom. The second-order valence-corrected chi connectivity index (χ2v) is 9.94. The molecule has 1 atom stereocenters. The van der Waals surface area contributed by atoms with Crippen molar-refractivity contribution in [2.45, 2.75) is 36.6 Å². The molecule has 0 aliphatic heterocycles. The van der Waals surface area contributed by atoms with E-state index in [-0.39, 0.29) is 23.6 Å². The van der Waals surface area contributed by atoms with E-state index in [1.54, 1.807) is 12.1 Å². The number of hydrogen-bond donors (Lipinski definition) is 3. The lowest BCUT2D eigenvalue weighted by atomic mass is 9.95. The van der Waals surface area contributed by atoms with Crippen LogP contribution in [0, 0.1) is 29.6 Å². The number of aliphatic hydroxyl groups is 2. The van der Waals surface area contributed by atoms with Gasteiger partial charge in [0.05, 0.1) is 24.0 Å². The SMILES string of the molecule is Cc1oc(-c2ccc(Cl)cc2)nc1CSc1nc(N)c(C#N)c(-c2ccc(CC[C@@H](O)CO)cc2)c1C#N. The number of rotatable bonds is 9. The van der Waals surface area contributed by atoms with Crippen molar-refractivity contribution in [3.05, 3.63) is 81.7 Å². The van der Waals surface area contributed by atoms with Gasteiger partial charge in [-0.25, -0.2) is 9.97 Å². The Balaban J connectivity index is 1.63. The molecule has 0 spiro atoms. The lowest BCUT2D eigenvalue weighted by Gasteiger charge is -2.13. The Hall–Kier alpha value is -3.86. The molecule has 0 aliphatic rings. The first-order valence-corrected chi connectivity index (χ1v) is 13.1. The Kier molecular flexibility index (Phi) is 8.67. The van der Waals surface area contributed by atoms with Gasteiger partial charge in [0.1, 0.15) is 34.3 Å². The van der Waals surface area contributed by atoms with Crippen molar-refractivity contribution in [3.8, 4) is 34.7 Å². The third-order valence-corrected chi connectivity index (χ3v) is 7.20. The van der Waals surface area contributed by atoms with E-state index in [1.165, 1.54) is 11.8 Å². The number of aryl methyl sites for hydroxylation is 2. The molecule has 4 N–H and O–H groups in total. The van der Waals surface area contributed by atoms with Crippen LogP contribution in [0.3, 0.4) is 0 Å². The number of thioether (sulfide) groups is 1. The second-order valence-electron chi connectivity index (χ2n) is 8.54. The fourth-order valence-electron chi connectivity index (χ4n) is 3.87. The molecule has 0 fully saturated rings. The van der Waals surface area contributed by atoms with Crippen LogP contribution in [0.2, 0.25) is 5.02 Å². The second kappa shape index (κ2) is 12.1. The quantitative estimate of drug-likeness (QED) is 0.239. The summed E-state index contributed by atoms with van der Waals surface area (Å²) in [6, 6.07) is 18.8. The summed E-state index contributed by atoms with van der Waals surface area (Å²) in [6.45, 7) is 1.53. The number of hydrogen-bond acceptors (Lipinski definition) is 9. The molecule has 0 aliphatic carbocycles. The monoisotopic (exact) mass is 545 g/mol. The van der Waals surface area contributed by atoms with E-state index in [0.29, 0.717) is 57.1 Å². The predicted octanol–water partition coefficient (Wildman–Crippen LogP) is 5.27. The normalized spacial score (nSPS) is 11.6. The van der Waals surface area contributed by atoms with Gasteiger partial charge in [0.25, 0.3) is 0 Å². The molecule has 8 nitrogen and oxygen atoms in total. The smallest absolute Gasteiger partial charge is 0.226 e. The highest BCUT2D eigenvalue weighted by Gasteiger charge is 2.22. The van der Waals surface area contributed by atoms with Crippen LogP contribution in [0.1, 0.15) is 34.6 Å². The van der Waals surface area contributed by atoms with Crippen LogP contribution in [-0.2, 0) is 12.2 Å². The summed E-state index contributed by atoms with van der Waals surface area (Å²) in [5.41, 5.74) is 10.1. The minimum absolute atomic E-state index is 0.0397. The van der Waals surface area contributed by atoms with Crippen molar-refractivity contribution in [3.63, 3.8) is 0 Å². The van der Waals surface area contributed by atoms with E-state index in [0.717, 1.165) is 11.1 Å². The maximum Gasteiger partial charge on any atom is 0.226 e. The summed E-state index contributed by atoms with van der Waals surface area (Å²) in [4.78, 5) is 8.97. The number of aliphatic hydroxyl groups excluding tert-OH is 2. The van der Waals surface area contributed by atoms with Crippen molar-refractivity contribution in [2.24, 2.45) is 0 Å². The average Bonchev–Trinajstić information content (AvgIpc) is 3.30. The average molecular weight is 546 g/mol. The van der Waals surface area contributed by atoms with Gasteiger partial charge in [0.15, 0.2) is 0 Å². The summed E-state index contributed by atoms with van der Waals surface area (Å²) < 4.78 is 5.84. The van der Waals surface area contributed by atoms with Gasteiger partial charge in [-0.2, -0.15) is 10.5 Å². The molecular formula is C28H24ClN5O3S. The Morgan fingerprint density at radius 3 is 2.32 bits per heavy atom. The van der Waals surface area contributed by atoms with Gasteiger partial charge in [-0.15, -0.1) is 0 Å². The van der Waals surface area contributed by atoms with Crippen molar-refractivity contribution in [1.82, 2.24) is 9.97 Å². The maximum atomic E-state index is 10.1. The van der Waals surface area contributed by atoms with Crippen LogP contribution in [0.5, 0.6) is 0 Å². The molecule has 4 aromatic rings. The van der Waals surface area contributed by atoms with E-state index < -0.39 is 6.10 Å². The van der Waals surface area contributed by atoms with E-state index >= 15 is 0 Å². The van der Waals surface area contributed by atoms with E-state index in [1.807, 2.05) is 43.3 Å². The fraction of sp³-hybridized carbons (Fsp3) is 0.214. The standard InChI is InChI=1S/C28H24ClN5O3S/c1-16-24(33-27(37-16)19-7-9-20(29)10-8-19)15-38-28-23(13-31)25(22(12-30)26(32)34-28)18-5-2-17(3-6-18)4-11-21(36)14-35/h2-3,5-10,21,35-36H,4,11,14-15H2,1H3,(H2,32,34)/t21-/m1/s1. The molecule has 0 unspecified atom stereocenters. The zero-order valence-corrected chi connectivity index (χ0v) is 22.1. The van der Waals surface area contributed by atoms with Crippen molar-refractivity contribution >= 4 is 29.2 Å². The molecule has 192 valence electrons. The molecule has 0 radical (unpaired) electrons. The van der Waals surface area contributed by atoms with Gasteiger partial charge in [0.2, 0.25) is 5.89 Å². The molecule has 0 saturated carbocycles. The highest BCUT2D eigenvalue weighted by molar-refractivity contribution is 7.98. The van der Waals surface area contributed by atoms with E-state index in [9.17, 15) is 15.6 Å². The largest absolute Gasteiger partial charge is 0.441 e. The molecule has 38 heavy (non-hydrogen) atoms. The maximum absolute atomic E-state index is 10.1. The van der Waals surface area contributed by atoms with Crippen LogP contribution in [-0.4, -0.2) is 32.9 Å². The third-order valence-electron chi connectivity index (χ3n) is 5.96. The van der Waals surface area contributed by atoms with Crippen LogP contribution in [0.25, 0.3) is 22.6 Å². The number of nitrogens with two attached hydrogens (primary N) is 1. The number of aromatic nitrogens is 2. The highest BCUT2D eigenvalue weighted by Crippen LogP contribution is 2.37. The number of nitrogen functional groups attached to an aromatic ring is 1. The molecule has 2 aromatic carbocycles. The zero-order valence-electron chi connectivity index (χ0n) is 20.5. The van der Waals surface area contributed by atoms with Crippen LogP contribution in [0.15, 0.2) is 58.0 Å². The van der Waals surface area contributed by atoms with Crippen molar-refractivity contribution in [2.75, 3.05) is 12.3 Å².